The number of piperidine rings is 1. The molecule has 0 spiro atoms. The molecular weight excluding hydrogens is 342 g/mol. The summed E-state index contributed by atoms with van der Waals surface area (Å²) >= 11 is 0. The lowest BCUT2D eigenvalue weighted by Crippen LogP contribution is -2.42. The third-order valence-corrected chi connectivity index (χ3v) is 4.60. The Labute approximate surface area is 160 Å². The number of nitrogens with zero attached hydrogens (tertiary/aromatic N) is 3. The number of para-hydroxylation sites is 2. The van der Waals surface area contributed by atoms with E-state index in [-0.39, 0.29) is 6.09 Å². The Hall–Kier alpha value is -2.37. The van der Waals surface area contributed by atoms with Crippen LogP contribution >= 0.6 is 0 Å². The van der Waals surface area contributed by atoms with Gasteiger partial charge in [0, 0.05) is 13.1 Å². The Morgan fingerprint density at radius 1 is 1.26 bits per heavy atom. The first-order valence-corrected chi connectivity index (χ1v) is 9.73. The molecule has 1 amide bonds. The van der Waals surface area contributed by atoms with Crippen LogP contribution in [0.2, 0.25) is 0 Å². The summed E-state index contributed by atoms with van der Waals surface area (Å²) in [5.41, 5.74) is 1.27. The van der Waals surface area contributed by atoms with Gasteiger partial charge in [0.05, 0.1) is 23.8 Å². The van der Waals surface area contributed by atoms with Gasteiger partial charge in [0.2, 0.25) is 5.88 Å². The van der Waals surface area contributed by atoms with Crippen molar-refractivity contribution in [2.75, 3.05) is 19.7 Å². The summed E-state index contributed by atoms with van der Waals surface area (Å²) in [6.45, 7) is 7.87. The van der Waals surface area contributed by atoms with Gasteiger partial charge >= 0.3 is 6.09 Å². The molecule has 1 saturated heterocycles. The Bertz CT molecular complexity index is 773. The number of hydrogen-bond acceptors (Lipinski definition) is 5. The number of likely N-dealkylation sites (tertiary alicyclic amines) is 1. The maximum absolute atomic E-state index is 12.2. The highest BCUT2D eigenvalue weighted by Crippen LogP contribution is 2.23. The molecule has 1 aliphatic heterocycles. The molecular formula is C21H29N3O3. The predicted molar refractivity (Wildman–Crippen MR) is 105 cm³/mol. The van der Waals surface area contributed by atoms with E-state index >= 15 is 0 Å². The minimum absolute atomic E-state index is 0.199. The Morgan fingerprint density at radius 2 is 2.04 bits per heavy atom. The second-order valence-corrected chi connectivity index (χ2v) is 8.12. The zero-order chi connectivity index (χ0) is 19.3. The lowest BCUT2D eigenvalue weighted by Gasteiger charge is -2.34. The van der Waals surface area contributed by atoms with E-state index in [2.05, 4.69) is 9.97 Å². The van der Waals surface area contributed by atoms with E-state index in [0.29, 0.717) is 18.4 Å². The van der Waals surface area contributed by atoms with E-state index in [0.717, 1.165) is 49.8 Å². The molecule has 1 aromatic carbocycles. The number of carbonyl (C=O) groups excluding carboxylic acids is 1. The SMILES string of the molecule is CC(C)(C)OC(=O)N1CCCC(CCCOc2cnc3ccccc3n2)C1. The van der Waals surface area contributed by atoms with Crippen LogP contribution < -0.4 is 4.74 Å². The van der Waals surface area contributed by atoms with Gasteiger partial charge in [0.15, 0.2) is 0 Å². The molecule has 1 aliphatic rings. The van der Waals surface area contributed by atoms with Crippen molar-refractivity contribution in [3.8, 4) is 5.88 Å². The van der Waals surface area contributed by atoms with Gasteiger partial charge in [-0.25, -0.2) is 14.8 Å². The Morgan fingerprint density at radius 3 is 2.81 bits per heavy atom. The molecule has 1 aromatic heterocycles. The molecule has 6 nitrogen and oxygen atoms in total. The fraction of sp³-hybridized carbons (Fsp3) is 0.571. The summed E-state index contributed by atoms with van der Waals surface area (Å²) in [5.74, 6) is 1.06. The molecule has 146 valence electrons. The topological polar surface area (TPSA) is 64.5 Å². The number of ether oxygens (including phenoxy) is 2. The quantitative estimate of drug-likeness (QED) is 0.727. The maximum atomic E-state index is 12.2. The molecule has 0 aliphatic carbocycles. The number of rotatable bonds is 5. The van der Waals surface area contributed by atoms with Crippen molar-refractivity contribution in [1.82, 2.24) is 14.9 Å². The highest BCUT2D eigenvalue weighted by molar-refractivity contribution is 5.73. The zero-order valence-corrected chi connectivity index (χ0v) is 16.5. The number of amides is 1. The average molecular weight is 371 g/mol. The van der Waals surface area contributed by atoms with E-state index < -0.39 is 5.60 Å². The molecule has 1 unspecified atom stereocenters. The van der Waals surface area contributed by atoms with Crippen LogP contribution in [-0.2, 0) is 4.74 Å². The molecule has 0 bridgehead atoms. The zero-order valence-electron chi connectivity index (χ0n) is 16.5. The summed E-state index contributed by atoms with van der Waals surface area (Å²) in [6.07, 6.45) is 5.61. The average Bonchev–Trinajstić information content (AvgIpc) is 2.64. The van der Waals surface area contributed by atoms with Gasteiger partial charge in [-0.1, -0.05) is 12.1 Å². The fourth-order valence-electron chi connectivity index (χ4n) is 3.35. The van der Waals surface area contributed by atoms with Gasteiger partial charge in [0.25, 0.3) is 0 Å². The number of carbonyl (C=O) groups is 1. The molecule has 2 aromatic rings. The molecule has 3 rings (SSSR count). The predicted octanol–water partition coefficient (Wildman–Crippen LogP) is 4.44. The molecule has 0 radical (unpaired) electrons. The van der Waals surface area contributed by atoms with E-state index in [1.165, 1.54) is 0 Å². The summed E-state index contributed by atoms with van der Waals surface area (Å²) in [7, 11) is 0. The number of aromatic nitrogens is 2. The minimum atomic E-state index is -0.446. The summed E-state index contributed by atoms with van der Waals surface area (Å²) < 4.78 is 11.3. The van der Waals surface area contributed by atoms with E-state index in [1.54, 1.807) is 6.20 Å². The lowest BCUT2D eigenvalue weighted by atomic mass is 9.94. The van der Waals surface area contributed by atoms with Gasteiger partial charge in [-0.3, -0.25) is 0 Å². The van der Waals surface area contributed by atoms with Gasteiger partial charge in [-0.05, 0) is 64.5 Å². The molecule has 1 atom stereocenters. The Balaban J connectivity index is 1.42. The van der Waals surface area contributed by atoms with Gasteiger partial charge < -0.3 is 14.4 Å². The van der Waals surface area contributed by atoms with Gasteiger partial charge in [0.1, 0.15) is 5.60 Å². The van der Waals surface area contributed by atoms with Crippen LogP contribution in [0.4, 0.5) is 4.79 Å². The third-order valence-electron chi connectivity index (χ3n) is 4.60. The molecule has 0 saturated carbocycles. The van der Waals surface area contributed by atoms with Crippen LogP contribution in [0.25, 0.3) is 11.0 Å². The summed E-state index contributed by atoms with van der Waals surface area (Å²) in [5, 5.41) is 0. The van der Waals surface area contributed by atoms with Crippen molar-refractivity contribution in [1.29, 1.82) is 0 Å². The van der Waals surface area contributed by atoms with Crippen molar-refractivity contribution < 1.29 is 14.3 Å². The van der Waals surface area contributed by atoms with Crippen LogP contribution in [0, 0.1) is 5.92 Å². The molecule has 2 heterocycles. The normalized spacial score (nSPS) is 17.7. The van der Waals surface area contributed by atoms with E-state index in [1.807, 2.05) is 49.9 Å². The van der Waals surface area contributed by atoms with Crippen molar-refractivity contribution in [3.05, 3.63) is 30.5 Å². The first-order valence-electron chi connectivity index (χ1n) is 9.73. The second-order valence-electron chi connectivity index (χ2n) is 8.12. The van der Waals surface area contributed by atoms with Crippen LogP contribution in [0.1, 0.15) is 46.5 Å². The maximum Gasteiger partial charge on any atom is 0.410 e. The first-order chi connectivity index (χ1) is 12.9. The Kier molecular flexibility index (Phi) is 6.14. The molecule has 0 N–H and O–H groups in total. The van der Waals surface area contributed by atoms with Crippen molar-refractivity contribution >= 4 is 17.1 Å². The van der Waals surface area contributed by atoms with Crippen LogP contribution in [0.15, 0.2) is 30.5 Å². The van der Waals surface area contributed by atoms with Gasteiger partial charge in [-0.2, -0.15) is 0 Å². The first kappa shape index (κ1) is 19.4. The number of hydrogen-bond donors (Lipinski definition) is 0. The molecule has 27 heavy (non-hydrogen) atoms. The highest BCUT2D eigenvalue weighted by atomic mass is 16.6. The van der Waals surface area contributed by atoms with Crippen LogP contribution in [0.3, 0.4) is 0 Å². The van der Waals surface area contributed by atoms with E-state index in [4.69, 9.17) is 9.47 Å². The van der Waals surface area contributed by atoms with E-state index in [9.17, 15) is 4.79 Å². The second kappa shape index (κ2) is 8.55. The summed E-state index contributed by atoms with van der Waals surface area (Å²) in [4.78, 5) is 22.9. The monoisotopic (exact) mass is 371 g/mol. The smallest absolute Gasteiger partial charge is 0.410 e. The van der Waals surface area contributed by atoms with Crippen molar-refractivity contribution in [2.45, 2.75) is 52.1 Å². The largest absolute Gasteiger partial charge is 0.477 e. The number of benzene rings is 1. The summed E-state index contributed by atoms with van der Waals surface area (Å²) in [6, 6.07) is 7.76. The van der Waals surface area contributed by atoms with Crippen molar-refractivity contribution in [2.24, 2.45) is 5.92 Å². The van der Waals surface area contributed by atoms with Crippen LogP contribution in [0.5, 0.6) is 5.88 Å². The third kappa shape index (κ3) is 5.81. The number of fused-ring (bicyclic) bond motifs is 1. The van der Waals surface area contributed by atoms with Crippen molar-refractivity contribution in [3.63, 3.8) is 0 Å². The highest BCUT2D eigenvalue weighted by Gasteiger charge is 2.27. The van der Waals surface area contributed by atoms with Crippen LogP contribution in [-0.4, -0.2) is 46.3 Å². The molecule has 1 fully saturated rings. The lowest BCUT2D eigenvalue weighted by molar-refractivity contribution is 0.0159. The standard InChI is InChI=1S/C21H29N3O3/c1-21(2,3)27-20(25)24-12-6-8-16(15-24)9-7-13-26-19-14-22-17-10-4-5-11-18(17)23-19/h4-5,10-11,14,16H,6-9,12-13,15H2,1-3H3. The fourth-order valence-corrected chi connectivity index (χ4v) is 3.35. The molecule has 6 heteroatoms. The minimum Gasteiger partial charge on any atom is -0.477 e. The van der Waals surface area contributed by atoms with Gasteiger partial charge in [-0.15, -0.1) is 0 Å².